The van der Waals surface area contributed by atoms with E-state index in [1.54, 1.807) is 11.8 Å². The molecule has 17 heavy (non-hydrogen) atoms. The number of anilines is 2. The summed E-state index contributed by atoms with van der Waals surface area (Å²) in [5.74, 6) is 0. The first-order chi connectivity index (χ1) is 8.28. The van der Waals surface area contributed by atoms with Crippen molar-refractivity contribution in [3.05, 3.63) is 54.1 Å². The van der Waals surface area contributed by atoms with Gasteiger partial charge < -0.3 is 11.1 Å². The molecule has 2 rings (SSSR count). The second-order valence-electron chi connectivity index (χ2n) is 3.83. The fraction of sp³-hybridized carbons (Fsp3) is 0.143. The maximum absolute atomic E-state index is 5.73. The van der Waals surface area contributed by atoms with Gasteiger partial charge in [-0.1, -0.05) is 12.1 Å². The van der Waals surface area contributed by atoms with Crippen molar-refractivity contribution in [1.82, 2.24) is 0 Å². The SMILES string of the molecule is CSc1ccc(NCc2cccc(N)c2)cc1. The van der Waals surface area contributed by atoms with Gasteiger partial charge in [-0.2, -0.15) is 0 Å². The van der Waals surface area contributed by atoms with Crippen molar-refractivity contribution in [2.75, 3.05) is 17.3 Å². The Morgan fingerprint density at radius 3 is 2.53 bits per heavy atom. The van der Waals surface area contributed by atoms with E-state index in [0.29, 0.717) is 0 Å². The van der Waals surface area contributed by atoms with Gasteiger partial charge in [-0.25, -0.2) is 0 Å². The van der Waals surface area contributed by atoms with Gasteiger partial charge in [0, 0.05) is 22.8 Å². The number of nitrogens with two attached hydrogens (primary N) is 1. The summed E-state index contributed by atoms with van der Waals surface area (Å²) >= 11 is 1.75. The topological polar surface area (TPSA) is 38.0 Å². The van der Waals surface area contributed by atoms with E-state index in [0.717, 1.165) is 17.9 Å². The molecule has 0 aromatic heterocycles. The predicted octanol–water partition coefficient (Wildman–Crippen LogP) is 3.60. The molecule has 0 aliphatic rings. The van der Waals surface area contributed by atoms with Gasteiger partial charge in [0.15, 0.2) is 0 Å². The van der Waals surface area contributed by atoms with Crippen LogP contribution in [0.2, 0.25) is 0 Å². The average Bonchev–Trinajstić information content (AvgIpc) is 2.37. The normalized spacial score (nSPS) is 10.2. The third-order valence-electron chi connectivity index (χ3n) is 2.54. The summed E-state index contributed by atoms with van der Waals surface area (Å²) in [6.45, 7) is 0.795. The molecule has 0 amide bonds. The molecule has 2 aromatic rings. The van der Waals surface area contributed by atoms with Crippen molar-refractivity contribution in [3.8, 4) is 0 Å². The van der Waals surface area contributed by atoms with Crippen LogP contribution in [0.25, 0.3) is 0 Å². The second-order valence-corrected chi connectivity index (χ2v) is 4.71. The molecular weight excluding hydrogens is 228 g/mol. The Balaban J connectivity index is 1.97. The van der Waals surface area contributed by atoms with Crippen LogP contribution in [0.4, 0.5) is 11.4 Å². The Hall–Kier alpha value is -1.61. The van der Waals surface area contributed by atoms with E-state index < -0.39 is 0 Å². The minimum Gasteiger partial charge on any atom is -0.399 e. The third-order valence-corrected chi connectivity index (χ3v) is 3.28. The molecule has 0 saturated heterocycles. The van der Waals surface area contributed by atoms with Crippen molar-refractivity contribution < 1.29 is 0 Å². The van der Waals surface area contributed by atoms with Gasteiger partial charge in [-0.3, -0.25) is 0 Å². The molecule has 3 N–H and O–H groups in total. The van der Waals surface area contributed by atoms with Crippen LogP contribution in [-0.2, 0) is 6.54 Å². The Labute approximate surface area is 106 Å². The monoisotopic (exact) mass is 244 g/mol. The number of hydrogen-bond donors (Lipinski definition) is 2. The Morgan fingerprint density at radius 1 is 1.12 bits per heavy atom. The van der Waals surface area contributed by atoms with Crippen LogP contribution < -0.4 is 11.1 Å². The minimum absolute atomic E-state index is 0.795. The Bertz CT molecular complexity index is 480. The molecule has 2 aromatic carbocycles. The van der Waals surface area contributed by atoms with E-state index in [-0.39, 0.29) is 0 Å². The maximum Gasteiger partial charge on any atom is 0.0401 e. The molecule has 88 valence electrons. The first-order valence-electron chi connectivity index (χ1n) is 5.50. The van der Waals surface area contributed by atoms with Crippen LogP contribution in [0.15, 0.2) is 53.4 Å². The summed E-state index contributed by atoms with van der Waals surface area (Å²) < 4.78 is 0. The zero-order chi connectivity index (χ0) is 12.1. The quantitative estimate of drug-likeness (QED) is 0.637. The predicted molar refractivity (Wildman–Crippen MR) is 76.4 cm³/mol. The van der Waals surface area contributed by atoms with Crippen molar-refractivity contribution >= 4 is 23.1 Å². The highest BCUT2D eigenvalue weighted by Crippen LogP contribution is 2.18. The standard InChI is InChI=1S/C14H16N2S/c1-17-14-7-5-13(6-8-14)16-10-11-3-2-4-12(15)9-11/h2-9,16H,10,15H2,1H3. The average molecular weight is 244 g/mol. The van der Waals surface area contributed by atoms with Gasteiger partial charge in [-0.15, -0.1) is 11.8 Å². The molecule has 0 aliphatic carbocycles. The molecule has 3 heteroatoms. The largest absolute Gasteiger partial charge is 0.399 e. The summed E-state index contributed by atoms with van der Waals surface area (Å²) in [5, 5.41) is 3.37. The van der Waals surface area contributed by atoms with Crippen LogP contribution in [-0.4, -0.2) is 6.26 Å². The van der Waals surface area contributed by atoms with Crippen LogP contribution in [0.3, 0.4) is 0 Å². The summed E-state index contributed by atoms with van der Waals surface area (Å²) in [5.41, 5.74) is 8.87. The smallest absolute Gasteiger partial charge is 0.0401 e. The third kappa shape index (κ3) is 3.43. The van der Waals surface area contributed by atoms with Crippen LogP contribution in [0.5, 0.6) is 0 Å². The van der Waals surface area contributed by atoms with Gasteiger partial charge in [0.05, 0.1) is 0 Å². The van der Waals surface area contributed by atoms with Crippen molar-refractivity contribution in [2.45, 2.75) is 11.4 Å². The lowest BCUT2D eigenvalue weighted by molar-refractivity contribution is 1.15. The molecule has 0 unspecified atom stereocenters. The molecular formula is C14H16N2S. The lowest BCUT2D eigenvalue weighted by Crippen LogP contribution is -1.99. The van der Waals surface area contributed by atoms with E-state index >= 15 is 0 Å². The van der Waals surface area contributed by atoms with Crippen molar-refractivity contribution in [2.24, 2.45) is 0 Å². The van der Waals surface area contributed by atoms with Gasteiger partial charge >= 0.3 is 0 Å². The van der Waals surface area contributed by atoms with E-state index in [1.165, 1.54) is 10.5 Å². The summed E-state index contributed by atoms with van der Waals surface area (Å²) in [6.07, 6.45) is 2.08. The molecule has 0 bridgehead atoms. The molecule has 0 saturated carbocycles. The van der Waals surface area contributed by atoms with Gasteiger partial charge in [0.1, 0.15) is 0 Å². The number of benzene rings is 2. The molecule has 0 aliphatic heterocycles. The highest BCUT2D eigenvalue weighted by molar-refractivity contribution is 7.98. The minimum atomic E-state index is 0.795. The fourth-order valence-corrected chi connectivity index (χ4v) is 2.02. The highest BCUT2D eigenvalue weighted by Gasteiger charge is 1.95. The molecule has 0 heterocycles. The first kappa shape index (κ1) is 11.9. The van der Waals surface area contributed by atoms with Gasteiger partial charge in [0.25, 0.3) is 0 Å². The van der Waals surface area contributed by atoms with Crippen molar-refractivity contribution in [3.63, 3.8) is 0 Å². The van der Waals surface area contributed by atoms with Gasteiger partial charge in [0.2, 0.25) is 0 Å². The zero-order valence-corrected chi connectivity index (χ0v) is 10.6. The molecule has 0 fully saturated rings. The molecule has 0 radical (unpaired) electrons. The second kappa shape index (κ2) is 5.64. The van der Waals surface area contributed by atoms with Crippen LogP contribution in [0, 0.1) is 0 Å². The van der Waals surface area contributed by atoms with Crippen LogP contribution >= 0.6 is 11.8 Å². The fourth-order valence-electron chi connectivity index (χ4n) is 1.62. The Morgan fingerprint density at radius 2 is 1.88 bits per heavy atom. The molecule has 2 nitrogen and oxygen atoms in total. The first-order valence-corrected chi connectivity index (χ1v) is 6.73. The van der Waals surface area contributed by atoms with E-state index in [4.69, 9.17) is 5.73 Å². The van der Waals surface area contributed by atoms with E-state index in [1.807, 2.05) is 18.2 Å². The molecule has 0 atom stereocenters. The number of nitrogens with one attached hydrogen (secondary N) is 1. The van der Waals surface area contributed by atoms with E-state index in [9.17, 15) is 0 Å². The highest BCUT2D eigenvalue weighted by atomic mass is 32.2. The molecule has 0 spiro atoms. The summed E-state index contributed by atoms with van der Waals surface area (Å²) in [7, 11) is 0. The Kier molecular flexibility index (Phi) is 3.94. The number of nitrogen functional groups attached to an aromatic ring is 1. The summed E-state index contributed by atoms with van der Waals surface area (Å²) in [6, 6.07) is 16.4. The lowest BCUT2D eigenvalue weighted by Gasteiger charge is -2.07. The maximum atomic E-state index is 5.73. The van der Waals surface area contributed by atoms with Gasteiger partial charge in [-0.05, 0) is 48.2 Å². The summed E-state index contributed by atoms with van der Waals surface area (Å²) in [4.78, 5) is 1.28. The number of rotatable bonds is 4. The number of thioether (sulfide) groups is 1. The number of hydrogen-bond acceptors (Lipinski definition) is 3. The van der Waals surface area contributed by atoms with Crippen molar-refractivity contribution in [1.29, 1.82) is 0 Å². The van der Waals surface area contributed by atoms with E-state index in [2.05, 4.69) is 41.9 Å². The van der Waals surface area contributed by atoms with Crippen LogP contribution in [0.1, 0.15) is 5.56 Å². The zero-order valence-electron chi connectivity index (χ0n) is 9.81. The lowest BCUT2D eigenvalue weighted by atomic mass is 10.2.